The Balaban J connectivity index is 1.75. The first-order chi connectivity index (χ1) is 14.3. The summed E-state index contributed by atoms with van der Waals surface area (Å²) in [4.78, 5) is 26.8. The van der Waals surface area contributed by atoms with Gasteiger partial charge in [0.2, 0.25) is 11.3 Å². The van der Waals surface area contributed by atoms with Gasteiger partial charge in [-0.3, -0.25) is 14.5 Å². The molecule has 1 aliphatic heterocycles. The highest BCUT2D eigenvalue weighted by Crippen LogP contribution is 2.29. The van der Waals surface area contributed by atoms with Crippen molar-refractivity contribution >= 4 is 11.6 Å². The highest BCUT2D eigenvalue weighted by molar-refractivity contribution is 5.90. The number of methoxy groups -OCH3 is 1. The van der Waals surface area contributed by atoms with Gasteiger partial charge < -0.3 is 19.4 Å². The summed E-state index contributed by atoms with van der Waals surface area (Å²) in [6.07, 6.45) is -2.98. The number of amides is 1. The van der Waals surface area contributed by atoms with Crippen molar-refractivity contribution < 1.29 is 27.4 Å². The number of ether oxygens (including phenoxy) is 2. The molecule has 2 heterocycles. The number of hydrogen-bond acceptors (Lipinski definition) is 5. The Morgan fingerprint density at radius 1 is 1.20 bits per heavy atom. The SMILES string of the molecule is COc1cn(CC(=O)Nc2ccc(C(F)(F)F)cc2)c(CN2CCOCC2)cc1=O. The van der Waals surface area contributed by atoms with Crippen molar-refractivity contribution in [2.45, 2.75) is 19.3 Å². The first kappa shape index (κ1) is 21.8. The predicted octanol–water partition coefficient (Wildman–Crippen LogP) is 2.35. The van der Waals surface area contributed by atoms with E-state index in [0.717, 1.165) is 12.1 Å². The number of pyridine rings is 1. The maximum absolute atomic E-state index is 12.7. The quantitative estimate of drug-likeness (QED) is 0.769. The predicted molar refractivity (Wildman–Crippen MR) is 103 cm³/mol. The van der Waals surface area contributed by atoms with E-state index in [-0.39, 0.29) is 23.4 Å². The van der Waals surface area contributed by atoms with Crippen LogP contribution < -0.4 is 15.5 Å². The average Bonchev–Trinajstić information content (AvgIpc) is 2.70. The molecule has 0 bridgehead atoms. The molecule has 162 valence electrons. The summed E-state index contributed by atoms with van der Waals surface area (Å²) in [6.45, 7) is 2.92. The van der Waals surface area contributed by atoms with Crippen molar-refractivity contribution in [1.82, 2.24) is 9.47 Å². The number of aromatic nitrogens is 1. The van der Waals surface area contributed by atoms with Crippen molar-refractivity contribution in [3.8, 4) is 5.75 Å². The molecule has 1 fully saturated rings. The summed E-state index contributed by atoms with van der Waals surface area (Å²) >= 11 is 0. The van der Waals surface area contributed by atoms with Crippen molar-refractivity contribution in [1.29, 1.82) is 0 Å². The fourth-order valence-corrected chi connectivity index (χ4v) is 3.12. The van der Waals surface area contributed by atoms with Crippen LogP contribution in [-0.2, 0) is 28.8 Å². The topological polar surface area (TPSA) is 72.8 Å². The van der Waals surface area contributed by atoms with E-state index in [9.17, 15) is 22.8 Å². The second-order valence-electron chi connectivity index (χ2n) is 6.84. The Kier molecular flexibility index (Phi) is 6.78. The van der Waals surface area contributed by atoms with Crippen molar-refractivity contribution in [2.75, 3.05) is 38.7 Å². The van der Waals surface area contributed by atoms with Crippen molar-refractivity contribution in [3.63, 3.8) is 0 Å². The fraction of sp³-hybridized carbons (Fsp3) is 0.400. The second-order valence-corrected chi connectivity index (χ2v) is 6.84. The molecule has 0 aliphatic carbocycles. The molecular formula is C20H22F3N3O4. The van der Waals surface area contributed by atoms with E-state index in [4.69, 9.17) is 9.47 Å². The molecule has 1 aromatic heterocycles. The number of hydrogen-bond donors (Lipinski definition) is 1. The van der Waals surface area contributed by atoms with Crippen LogP contribution in [0, 0.1) is 0 Å². The summed E-state index contributed by atoms with van der Waals surface area (Å²) in [5, 5.41) is 2.57. The number of morpholine rings is 1. The van der Waals surface area contributed by atoms with Gasteiger partial charge in [-0.1, -0.05) is 0 Å². The number of benzene rings is 1. The Morgan fingerprint density at radius 3 is 2.47 bits per heavy atom. The molecule has 1 amide bonds. The molecule has 0 unspecified atom stereocenters. The van der Waals surface area contributed by atoms with E-state index in [1.807, 2.05) is 0 Å². The number of carbonyl (C=O) groups excluding carboxylic acids is 1. The molecule has 0 radical (unpaired) electrons. The van der Waals surface area contributed by atoms with Crippen molar-refractivity contribution in [3.05, 3.63) is 58.0 Å². The number of halogens is 3. The molecule has 2 aromatic rings. The van der Waals surface area contributed by atoms with Gasteiger partial charge in [0.15, 0.2) is 5.75 Å². The lowest BCUT2D eigenvalue weighted by Gasteiger charge is -2.27. The monoisotopic (exact) mass is 425 g/mol. The highest BCUT2D eigenvalue weighted by atomic mass is 19.4. The van der Waals surface area contributed by atoms with Gasteiger partial charge in [-0.15, -0.1) is 0 Å². The van der Waals surface area contributed by atoms with E-state index in [1.165, 1.54) is 31.5 Å². The van der Waals surface area contributed by atoms with E-state index < -0.39 is 17.6 Å². The highest BCUT2D eigenvalue weighted by Gasteiger charge is 2.30. The number of alkyl halides is 3. The largest absolute Gasteiger partial charge is 0.491 e. The lowest BCUT2D eigenvalue weighted by atomic mass is 10.2. The molecule has 0 saturated carbocycles. The number of rotatable bonds is 6. The van der Waals surface area contributed by atoms with E-state index in [1.54, 1.807) is 4.57 Å². The van der Waals surface area contributed by atoms with Gasteiger partial charge in [0.25, 0.3) is 0 Å². The van der Waals surface area contributed by atoms with Crippen LogP contribution >= 0.6 is 0 Å². The molecule has 30 heavy (non-hydrogen) atoms. The van der Waals surface area contributed by atoms with Gasteiger partial charge in [-0.2, -0.15) is 13.2 Å². The maximum atomic E-state index is 12.7. The number of carbonyl (C=O) groups is 1. The van der Waals surface area contributed by atoms with Crippen molar-refractivity contribution in [2.24, 2.45) is 0 Å². The Hall–Kier alpha value is -2.85. The molecule has 1 aromatic carbocycles. The summed E-state index contributed by atoms with van der Waals surface area (Å²) < 4.78 is 50.0. The first-order valence-corrected chi connectivity index (χ1v) is 9.31. The number of anilines is 1. The van der Waals surface area contributed by atoms with E-state index in [0.29, 0.717) is 38.5 Å². The minimum atomic E-state index is -4.44. The fourth-order valence-electron chi connectivity index (χ4n) is 3.12. The number of nitrogens with zero attached hydrogens (tertiary/aromatic N) is 2. The third-order valence-corrected chi connectivity index (χ3v) is 4.70. The summed E-state index contributed by atoms with van der Waals surface area (Å²) in [7, 11) is 1.37. The van der Waals surface area contributed by atoms with Gasteiger partial charge in [0.05, 0.1) is 32.1 Å². The number of nitrogens with one attached hydrogen (secondary N) is 1. The third-order valence-electron chi connectivity index (χ3n) is 4.70. The standard InChI is InChI=1S/C20H22F3N3O4/c1-29-18-12-26(16(10-17(18)27)11-25-6-8-30-9-7-25)13-19(28)24-15-4-2-14(3-5-15)20(21,22)23/h2-5,10,12H,6-9,11,13H2,1H3,(H,24,28). The zero-order chi connectivity index (χ0) is 21.7. The summed E-state index contributed by atoms with van der Waals surface area (Å²) in [6, 6.07) is 5.63. The molecule has 0 atom stereocenters. The lowest BCUT2D eigenvalue weighted by molar-refractivity contribution is -0.137. The minimum Gasteiger partial charge on any atom is -0.491 e. The lowest BCUT2D eigenvalue weighted by Crippen LogP contribution is -2.37. The molecule has 1 N–H and O–H groups in total. The van der Waals surface area contributed by atoms with Gasteiger partial charge in [-0.25, -0.2) is 0 Å². The van der Waals surface area contributed by atoms with Gasteiger partial charge in [0, 0.05) is 37.1 Å². The zero-order valence-corrected chi connectivity index (χ0v) is 16.4. The molecule has 1 saturated heterocycles. The Labute approximate surface area is 171 Å². The zero-order valence-electron chi connectivity index (χ0n) is 16.4. The minimum absolute atomic E-state index is 0.100. The smallest absolute Gasteiger partial charge is 0.416 e. The van der Waals surface area contributed by atoms with Gasteiger partial charge in [-0.05, 0) is 24.3 Å². The molecule has 10 heteroatoms. The van der Waals surface area contributed by atoms with Crippen LogP contribution in [0.15, 0.2) is 41.3 Å². The van der Waals surface area contributed by atoms with Crippen LogP contribution in [0.2, 0.25) is 0 Å². The van der Waals surface area contributed by atoms with Crippen LogP contribution in [0.3, 0.4) is 0 Å². The molecule has 0 spiro atoms. The molecule has 1 aliphatic rings. The van der Waals surface area contributed by atoms with Crippen LogP contribution in [0.25, 0.3) is 0 Å². The Bertz CT molecular complexity index is 936. The summed E-state index contributed by atoms with van der Waals surface area (Å²) in [5.41, 5.74) is -0.209. The molecular weight excluding hydrogens is 403 g/mol. The van der Waals surface area contributed by atoms with Gasteiger partial charge in [0.1, 0.15) is 6.54 Å². The third kappa shape index (κ3) is 5.61. The summed E-state index contributed by atoms with van der Waals surface area (Å²) in [5.74, 6) is -0.341. The van der Waals surface area contributed by atoms with Crippen LogP contribution in [0.1, 0.15) is 11.3 Å². The molecule has 3 rings (SSSR count). The van der Waals surface area contributed by atoms with E-state index in [2.05, 4.69) is 10.2 Å². The van der Waals surface area contributed by atoms with Crippen LogP contribution in [-0.4, -0.2) is 48.8 Å². The van der Waals surface area contributed by atoms with Gasteiger partial charge >= 0.3 is 6.18 Å². The van der Waals surface area contributed by atoms with Crippen LogP contribution in [0.4, 0.5) is 18.9 Å². The Morgan fingerprint density at radius 2 is 1.87 bits per heavy atom. The molecule has 7 nitrogen and oxygen atoms in total. The van der Waals surface area contributed by atoms with E-state index >= 15 is 0 Å². The second kappa shape index (κ2) is 9.31. The van der Waals surface area contributed by atoms with Crippen LogP contribution in [0.5, 0.6) is 5.75 Å². The first-order valence-electron chi connectivity index (χ1n) is 9.31. The maximum Gasteiger partial charge on any atom is 0.416 e. The average molecular weight is 425 g/mol. The normalized spacial score (nSPS) is 15.1.